The number of aromatic nitrogens is 2. The Labute approximate surface area is 104 Å². The highest BCUT2D eigenvalue weighted by molar-refractivity contribution is 7.17. The molecule has 0 bridgehead atoms. The summed E-state index contributed by atoms with van der Waals surface area (Å²) in [5.74, 6) is 0. The van der Waals surface area contributed by atoms with Crippen molar-refractivity contribution in [3.05, 3.63) is 40.3 Å². The number of thiophene rings is 1. The Bertz CT molecular complexity index is 585. The van der Waals surface area contributed by atoms with E-state index in [1.165, 1.54) is 11.3 Å². The lowest BCUT2D eigenvalue weighted by Crippen LogP contribution is -2.24. The third-order valence-electron chi connectivity index (χ3n) is 2.45. The van der Waals surface area contributed by atoms with Crippen LogP contribution >= 0.6 is 11.3 Å². The molecule has 0 radical (unpaired) electrons. The number of nitrogens with one attached hydrogen (secondary N) is 1. The summed E-state index contributed by atoms with van der Waals surface area (Å²) in [6.45, 7) is 8.14. The maximum absolute atomic E-state index is 12.1. The number of hydrogen-bond donors (Lipinski definition) is 1. The fourth-order valence-electron chi connectivity index (χ4n) is 1.59. The Morgan fingerprint density at radius 3 is 3.24 bits per heavy atom. The van der Waals surface area contributed by atoms with Gasteiger partial charge in [-0.3, -0.25) is 9.36 Å². The largest absolute Gasteiger partial charge is 0.313 e. The third kappa shape index (κ3) is 2.62. The van der Waals surface area contributed by atoms with Gasteiger partial charge in [-0.15, -0.1) is 11.3 Å². The van der Waals surface area contributed by atoms with E-state index in [1.807, 2.05) is 18.4 Å². The smallest absolute Gasteiger partial charge is 0.271 e. The second kappa shape index (κ2) is 5.25. The second-order valence-corrected chi connectivity index (χ2v) is 4.76. The highest BCUT2D eigenvalue weighted by atomic mass is 32.1. The van der Waals surface area contributed by atoms with Crippen LogP contribution in [-0.4, -0.2) is 22.6 Å². The van der Waals surface area contributed by atoms with Gasteiger partial charge in [0.1, 0.15) is 4.70 Å². The average molecular weight is 249 g/mol. The van der Waals surface area contributed by atoms with Crippen LogP contribution in [0.3, 0.4) is 0 Å². The third-order valence-corrected chi connectivity index (χ3v) is 3.35. The molecule has 2 rings (SSSR count). The summed E-state index contributed by atoms with van der Waals surface area (Å²) >= 11 is 1.43. The summed E-state index contributed by atoms with van der Waals surface area (Å²) in [6, 6.07) is 1.86. The number of hydrogen-bond acceptors (Lipinski definition) is 4. The Morgan fingerprint density at radius 2 is 2.47 bits per heavy atom. The van der Waals surface area contributed by atoms with Crippen molar-refractivity contribution in [1.82, 2.24) is 14.9 Å². The number of likely N-dealkylation sites (N-methyl/N-ethyl adjacent to an activating group) is 1. The van der Waals surface area contributed by atoms with Crippen LogP contribution in [0.25, 0.3) is 10.2 Å². The van der Waals surface area contributed by atoms with Gasteiger partial charge in [-0.25, -0.2) is 4.98 Å². The monoisotopic (exact) mass is 249 g/mol. The minimum atomic E-state index is 0.0163. The van der Waals surface area contributed by atoms with Crippen molar-refractivity contribution in [1.29, 1.82) is 0 Å². The Morgan fingerprint density at radius 1 is 1.65 bits per heavy atom. The van der Waals surface area contributed by atoms with E-state index in [-0.39, 0.29) is 5.56 Å². The molecule has 0 fully saturated rings. The first kappa shape index (κ1) is 12.0. The molecule has 90 valence electrons. The van der Waals surface area contributed by atoms with Gasteiger partial charge in [-0.2, -0.15) is 0 Å². The van der Waals surface area contributed by atoms with E-state index in [1.54, 1.807) is 10.9 Å². The lowest BCUT2D eigenvalue weighted by Gasteiger charge is -2.08. The maximum Gasteiger partial charge on any atom is 0.271 e. The van der Waals surface area contributed by atoms with Crippen LogP contribution in [0.1, 0.15) is 6.92 Å². The summed E-state index contributed by atoms with van der Waals surface area (Å²) in [5.41, 5.74) is 1.77. The van der Waals surface area contributed by atoms with Gasteiger partial charge in [0.25, 0.3) is 5.56 Å². The molecule has 0 amide bonds. The number of fused-ring (bicyclic) bond motifs is 1. The van der Waals surface area contributed by atoms with Gasteiger partial charge < -0.3 is 5.32 Å². The Hall–Kier alpha value is -1.46. The van der Waals surface area contributed by atoms with Crippen molar-refractivity contribution in [2.24, 2.45) is 0 Å². The van der Waals surface area contributed by atoms with Crippen LogP contribution in [0.4, 0.5) is 0 Å². The van der Waals surface area contributed by atoms with E-state index in [0.29, 0.717) is 11.2 Å². The van der Waals surface area contributed by atoms with Gasteiger partial charge in [0.05, 0.1) is 11.8 Å². The van der Waals surface area contributed by atoms with Gasteiger partial charge in [-0.05, 0) is 23.6 Å². The molecule has 5 heteroatoms. The number of nitrogens with zero attached hydrogens (tertiary/aromatic N) is 2. The molecule has 0 unspecified atom stereocenters. The van der Waals surface area contributed by atoms with Crippen molar-refractivity contribution in [3.8, 4) is 0 Å². The molecule has 4 nitrogen and oxygen atoms in total. The molecule has 0 atom stereocenters. The molecule has 2 aromatic heterocycles. The predicted octanol–water partition coefficient (Wildman–Crippen LogP) is 1.62. The van der Waals surface area contributed by atoms with Crippen LogP contribution < -0.4 is 10.9 Å². The van der Waals surface area contributed by atoms with Gasteiger partial charge in [0.15, 0.2) is 0 Å². The van der Waals surface area contributed by atoms with E-state index in [9.17, 15) is 4.79 Å². The highest BCUT2D eigenvalue weighted by Crippen LogP contribution is 2.13. The molecule has 0 saturated carbocycles. The molecular formula is C12H15N3OS. The molecule has 0 aliphatic rings. The first-order valence-corrected chi connectivity index (χ1v) is 6.40. The summed E-state index contributed by atoms with van der Waals surface area (Å²) in [5, 5.41) is 5.07. The highest BCUT2D eigenvalue weighted by Gasteiger charge is 2.05. The molecule has 0 aliphatic heterocycles. The number of rotatable bonds is 5. The van der Waals surface area contributed by atoms with Gasteiger partial charge >= 0.3 is 0 Å². The van der Waals surface area contributed by atoms with Gasteiger partial charge in [-0.1, -0.05) is 13.5 Å². The summed E-state index contributed by atoms with van der Waals surface area (Å²) in [6.07, 6.45) is 1.59. The van der Waals surface area contributed by atoms with E-state index < -0.39 is 0 Å². The topological polar surface area (TPSA) is 46.9 Å². The fourth-order valence-corrected chi connectivity index (χ4v) is 2.38. The molecule has 2 aromatic rings. The normalized spacial score (nSPS) is 10.9. The molecule has 17 heavy (non-hydrogen) atoms. The van der Waals surface area contributed by atoms with Crippen molar-refractivity contribution < 1.29 is 0 Å². The Balaban J connectivity index is 2.21. The zero-order valence-corrected chi connectivity index (χ0v) is 10.6. The summed E-state index contributed by atoms with van der Waals surface area (Å²) < 4.78 is 2.32. The first-order valence-electron chi connectivity index (χ1n) is 5.52. The summed E-state index contributed by atoms with van der Waals surface area (Å²) in [7, 11) is 0. The van der Waals surface area contributed by atoms with E-state index >= 15 is 0 Å². The minimum Gasteiger partial charge on any atom is -0.313 e. The first-order chi connectivity index (χ1) is 8.22. The fraction of sp³-hybridized carbons (Fsp3) is 0.333. The molecule has 2 heterocycles. The maximum atomic E-state index is 12.1. The molecule has 1 N–H and O–H groups in total. The van der Waals surface area contributed by atoms with E-state index in [2.05, 4.69) is 16.9 Å². The van der Waals surface area contributed by atoms with Gasteiger partial charge in [0, 0.05) is 13.1 Å². The predicted molar refractivity (Wildman–Crippen MR) is 71.6 cm³/mol. The van der Waals surface area contributed by atoms with Crippen molar-refractivity contribution in [2.75, 3.05) is 13.1 Å². The van der Waals surface area contributed by atoms with Crippen LogP contribution in [-0.2, 0) is 6.54 Å². The second-order valence-electron chi connectivity index (χ2n) is 3.84. The minimum absolute atomic E-state index is 0.0163. The van der Waals surface area contributed by atoms with Crippen LogP contribution in [0.5, 0.6) is 0 Å². The molecular weight excluding hydrogens is 234 g/mol. The van der Waals surface area contributed by atoms with Crippen molar-refractivity contribution >= 4 is 21.6 Å². The quantitative estimate of drug-likeness (QED) is 0.819. The lowest BCUT2D eigenvalue weighted by molar-refractivity contribution is 0.683. The summed E-state index contributed by atoms with van der Waals surface area (Å²) in [4.78, 5) is 16.3. The van der Waals surface area contributed by atoms with Crippen LogP contribution in [0, 0.1) is 0 Å². The SMILES string of the molecule is C=C(CNCC)Cn1cnc2ccsc2c1=O. The van der Waals surface area contributed by atoms with Gasteiger partial charge in [0.2, 0.25) is 0 Å². The zero-order chi connectivity index (χ0) is 12.3. The van der Waals surface area contributed by atoms with Crippen LogP contribution in [0.15, 0.2) is 34.7 Å². The Kier molecular flexibility index (Phi) is 3.71. The average Bonchev–Trinajstić information content (AvgIpc) is 2.79. The van der Waals surface area contributed by atoms with E-state index in [4.69, 9.17) is 0 Å². The van der Waals surface area contributed by atoms with Crippen molar-refractivity contribution in [2.45, 2.75) is 13.5 Å². The van der Waals surface area contributed by atoms with Crippen LogP contribution in [0.2, 0.25) is 0 Å². The standard InChI is InChI=1S/C12H15N3OS/c1-3-13-6-9(2)7-15-8-14-10-4-5-17-11(10)12(15)16/h4-5,8,13H,2-3,6-7H2,1H3. The lowest BCUT2D eigenvalue weighted by atomic mass is 10.3. The molecule has 0 aromatic carbocycles. The molecule has 0 saturated heterocycles. The van der Waals surface area contributed by atoms with Crippen molar-refractivity contribution in [3.63, 3.8) is 0 Å². The van der Waals surface area contributed by atoms with E-state index in [0.717, 1.165) is 24.2 Å². The molecule has 0 spiro atoms. The zero-order valence-electron chi connectivity index (χ0n) is 9.77. The molecule has 0 aliphatic carbocycles.